The standard InChI is InChI=1S/2C29H41N2.2C6H18NSi2.C6H6.2C3H9NO.2Sr/c2*1-18(2)24-13-11-14-25(19(3)4)28(24)30-22(9)17-23(10)31-29-26(20(5)6)15-12-16-27(29)21(7)8;2*1-8(2,3)7-9(4,5)6;1-2-4-6-5-3-1;2*1-5-3-2-4;;/h2*11-21H,1-10H3;2*1-6H3;1-6H;2*2-4H2,1H3;;/q4*-1;;;;2*+2/p+2/b2*22-17-,31-23?;;;;;;;. The van der Waals surface area contributed by atoms with Gasteiger partial charge in [0, 0.05) is 25.6 Å². The first-order chi connectivity index (χ1) is 44.3. The van der Waals surface area contributed by atoms with Crippen LogP contribution in [0.4, 0.5) is 22.7 Å². The van der Waals surface area contributed by atoms with E-state index in [0.717, 1.165) is 71.9 Å². The van der Waals surface area contributed by atoms with E-state index in [1.165, 1.54) is 44.5 Å². The Morgan fingerprint density at radius 3 is 0.663 bits per heavy atom. The van der Waals surface area contributed by atoms with Gasteiger partial charge in [-0.25, -0.2) is 0 Å². The van der Waals surface area contributed by atoms with Crippen LogP contribution in [0.15, 0.2) is 143 Å². The molecule has 0 atom stereocenters. The van der Waals surface area contributed by atoms with Crippen molar-refractivity contribution in [3.63, 3.8) is 0 Å². The molecule has 0 unspecified atom stereocenters. The van der Waals surface area contributed by atoms with E-state index in [0.29, 0.717) is 47.3 Å². The Morgan fingerprint density at radius 1 is 0.347 bits per heavy atom. The number of ether oxygens (including phenoxy) is 2. The van der Waals surface area contributed by atoms with Crippen LogP contribution in [0.1, 0.15) is 230 Å². The van der Waals surface area contributed by atoms with Crippen molar-refractivity contribution in [3.05, 3.63) is 197 Å². The second kappa shape index (κ2) is 53.0. The van der Waals surface area contributed by atoms with E-state index >= 15 is 0 Å². The van der Waals surface area contributed by atoms with Crippen molar-refractivity contribution >= 4 is 158 Å². The summed E-state index contributed by atoms with van der Waals surface area (Å²) in [7, 11) is -1.08. The van der Waals surface area contributed by atoms with Crippen molar-refractivity contribution in [2.45, 2.75) is 264 Å². The number of quaternary nitrogens is 2. The summed E-state index contributed by atoms with van der Waals surface area (Å²) in [4.78, 5) is 10.2. The van der Waals surface area contributed by atoms with Gasteiger partial charge in [-0.2, -0.15) is 11.4 Å². The fraction of sp³-hybridized carbons (Fsp3) is 0.561. The number of nitrogens with zero attached hydrogens (tertiary/aromatic N) is 6. The normalized spacial score (nSPS) is 12.2. The van der Waals surface area contributed by atoms with E-state index in [2.05, 4.69) is 323 Å². The van der Waals surface area contributed by atoms with Gasteiger partial charge in [0.25, 0.3) is 0 Å². The Morgan fingerprint density at radius 2 is 0.531 bits per heavy atom. The number of rotatable bonds is 24. The van der Waals surface area contributed by atoms with Crippen LogP contribution in [-0.2, 0) is 9.47 Å². The van der Waals surface area contributed by atoms with Gasteiger partial charge in [0.05, 0.1) is 37.7 Å². The molecule has 5 aromatic carbocycles. The molecule has 0 fully saturated rings. The number of methoxy groups -OCH3 is 2. The third-order valence-electron chi connectivity index (χ3n) is 14.1. The number of benzene rings is 5. The van der Waals surface area contributed by atoms with Crippen LogP contribution >= 0.6 is 0 Å². The number of aliphatic imine (C=N–C) groups is 2. The maximum atomic E-state index is 5.08. The predicted molar refractivity (Wildman–Crippen MR) is 455 cm³/mol. The summed E-state index contributed by atoms with van der Waals surface area (Å²) in [5.74, 6) is 3.49. The van der Waals surface area contributed by atoms with Crippen LogP contribution in [0.2, 0.25) is 78.6 Å². The molecule has 0 amide bonds. The fourth-order valence-corrected chi connectivity index (χ4v) is 26.8. The molecule has 0 aliphatic carbocycles. The van der Waals surface area contributed by atoms with Crippen molar-refractivity contribution < 1.29 is 20.9 Å². The Labute approximate surface area is 683 Å². The summed E-state index contributed by atoms with van der Waals surface area (Å²) in [5.41, 5.74) is 26.0. The van der Waals surface area contributed by atoms with Crippen molar-refractivity contribution in [1.82, 2.24) is 0 Å². The molecule has 0 aromatic heterocycles. The van der Waals surface area contributed by atoms with E-state index in [9.17, 15) is 0 Å². The second-order valence-corrected chi connectivity index (χ2v) is 50.6. The summed E-state index contributed by atoms with van der Waals surface area (Å²) in [6.45, 7) is 75.0. The first-order valence-electron chi connectivity index (χ1n) is 35.8. The molecule has 0 bridgehead atoms. The van der Waals surface area contributed by atoms with E-state index in [1.54, 1.807) is 14.2 Å². The van der Waals surface area contributed by atoms with Crippen LogP contribution in [0.5, 0.6) is 0 Å². The molecule has 542 valence electrons. The molecule has 0 heterocycles. The third-order valence-corrected chi connectivity index (χ3v) is 24.8. The average molecular weight is 1560 g/mol. The van der Waals surface area contributed by atoms with Gasteiger partial charge in [-0.3, -0.25) is 9.98 Å². The van der Waals surface area contributed by atoms with E-state index in [1.807, 2.05) is 36.4 Å². The Balaban J connectivity index is -0.000000605. The number of hydrogen-bond acceptors (Lipinski definition) is 4. The monoisotopic (exact) mass is 1560 g/mol. The van der Waals surface area contributed by atoms with Gasteiger partial charge in [-0.05, 0) is 83.4 Å². The predicted octanol–water partition coefficient (Wildman–Crippen LogP) is 24.5. The molecule has 5 rings (SSSR count). The molecule has 10 nitrogen and oxygen atoms in total. The van der Waals surface area contributed by atoms with Gasteiger partial charge in [0.2, 0.25) is 0 Å². The molecule has 0 radical (unpaired) electrons. The first kappa shape index (κ1) is 102. The van der Waals surface area contributed by atoms with Crippen molar-refractivity contribution in [2.75, 3.05) is 40.5 Å². The van der Waals surface area contributed by atoms with Crippen LogP contribution in [-0.4, -0.2) is 176 Å². The maximum absolute atomic E-state index is 5.08. The van der Waals surface area contributed by atoms with Crippen LogP contribution in [0.3, 0.4) is 0 Å². The molecule has 0 aliphatic heterocycles. The molecule has 0 saturated heterocycles. The molecule has 98 heavy (non-hydrogen) atoms. The molecule has 16 heteroatoms. The van der Waals surface area contributed by atoms with E-state index < -0.39 is 32.9 Å². The zero-order valence-corrected chi connectivity index (χ0v) is 80.3. The number of para-hydroxylation sites is 4. The van der Waals surface area contributed by atoms with Crippen LogP contribution < -0.4 is 11.5 Å². The summed E-state index contributed by atoms with van der Waals surface area (Å²) in [6.07, 6.45) is 4.23. The van der Waals surface area contributed by atoms with Gasteiger partial charge in [0.15, 0.2) is 0 Å². The molecule has 0 saturated carbocycles. The molecular weight excluding hydrogens is 1420 g/mol. The molecule has 0 spiro atoms. The molecule has 0 aliphatic rings. The second-order valence-electron chi connectivity index (χ2n) is 31.4. The molecular formula is C82H144N8O2Si4Sr2+2. The van der Waals surface area contributed by atoms with Gasteiger partial charge < -0.3 is 40.9 Å². The summed E-state index contributed by atoms with van der Waals surface area (Å²) in [6, 6.07) is 38.3. The Hall–Kier alpha value is -1.89. The quantitative estimate of drug-likeness (QED) is 0.0466. The van der Waals surface area contributed by atoms with Gasteiger partial charge in [-0.15, -0.1) is 11.4 Å². The maximum Gasteiger partial charge on any atom is 2.00 e. The van der Waals surface area contributed by atoms with Gasteiger partial charge in [0.1, 0.15) is 0 Å². The Kier molecular flexibility index (Phi) is 55.4. The minimum absolute atomic E-state index is 0. The van der Waals surface area contributed by atoms with Crippen LogP contribution in [0, 0.1) is 0 Å². The minimum atomic E-state index is -1.11. The molecule has 6 N–H and O–H groups in total. The largest absolute Gasteiger partial charge is 2.00 e. The van der Waals surface area contributed by atoms with Gasteiger partial charge >= 0.3 is 91.0 Å². The number of hydrogen-bond donors (Lipinski definition) is 2. The topological polar surface area (TPSA) is 155 Å². The number of allylic oxidation sites excluding steroid dienone is 4. The zero-order chi connectivity index (χ0) is 74.5. The summed E-state index contributed by atoms with van der Waals surface area (Å²) in [5, 5.41) is 10.2. The van der Waals surface area contributed by atoms with E-state index in [-0.39, 0.29) is 91.0 Å². The van der Waals surface area contributed by atoms with Crippen LogP contribution in [0.25, 0.3) is 19.9 Å². The van der Waals surface area contributed by atoms with Gasteiger partial charge in [-0.1, -0.05) is 380 Å². The first-order valence-corrected chi connectivity index (χ1v) is 49.5. The average Bonchev–Trinajstić information content (AvgIpc) is 0.837. The van der Waals surface area contributed by atoms with Crippen molar-refractivity contribution in [2.24, 2.45) is 9.98 Å². The summed E-state index contributed by atoms with van der Waals surface area (Å²) >= 11 is 0. The summed E-state index contributed by atoms with van der Waals surface area (Å²) < 4.78 is 18.9. The fourth-order valence-electron chi connectivity index (χ4n) is 10.7. The minimum Gasteiger partial charge on any atom is -0.668 e. The smallest absolute Gasteiger partial charge is 0.668 e. The van der Waals surface area contributed by atoms with E-state index in [4.69, 9.17) is 29.9 Å². The third kappa shape index (κ3) is 46.7. The molecule has 5 aromatic rings. The SMILES string of the molecule is CC(/C=C(/C)[N-]c1c(C(C)C)cccc1C(C)C)=Nc1c(C(C)C)cccc1C(C)C.CC(/C=C(/C)[N-]c1c(C(C)C)cccc1C(C)C)=Nc1c(C(C)C)cccc1C(C)C.COCC[NH3+].COCC[NH3+].C[Si](C)(C)[N-][Si](C)(C)C.C[Si](C)(C)[N-][Si](C)(C)C.[Sr+2].[Sr+2].c1ccccc1. The van der Waals surface area contributed by atoms with Crippen molar-refractivity contribution in [1.29, 1.82) is 0 Å². The zero-order valence-electron chi connectivity index (χ0n) is 69.3. The Bertz CT molecular complexity index is 2710. The van der Waals surface area contributed by atoms with Crippen molar-refractivity contribution in [3.8, 4) is 0 Å².